The first-order valence-corrected chi connectivity index (χ1v) is 5.86. The normalized spacial score (nSPS) is 10.3. The average Bonchev–Trinajstić information content (AvgIpc) is 2.38. The minimum atomic E-state index is 0.0616. The number of ether oxygens (including phenoxy) is 1. The highest BCUT2D eigenvalue weighted by atomic mass is 16.5. The van der Waals surface area contributed by atoms with Crippen LogP contribution < -0.4 is 10.5 Å². The van der Waals surface area contributed by atoms with E-state index < -0.39 is 0 Å². The van der Waals surface area contributed by atoms with Crippen LogP contribution in [-0.2, 0) is 13.2 Å². The fraction of sp³-hybridized carbons (Fsp3) is 0.200. The summed E-state index contributed by atoms with van der Waals surface area (Å²) < 4.78 is 5.66. The van der Waals surface area contributed by atoms with E-state index in [0.717, 1.165) is 16.7 Å². The Hall–Kier alpha value is -2.00. The second-order valence-corrected chi connectivity index (χ2v) is 4.30. The van der Waals surface area contributed by atoms with E-state index in [2.05, 4.69) is 0 Å². The lowest BCUT2D eigenvalue weighted by molar-refractivity contribution is 0.281. The van der Waals surface area contributed by atoms with Crippen LogP contribution in [0.15, 0.2) is 42.5 Å². The van der Waals surface area contributed by atoms with Crippen LogP contribution in [-0.4, -0.2) is 5.11 Å². The van der Waals surface area contributed by atoms with Gasteiger partial charge in [0.05, 0.1) is 12.3 Å². The first-order valence-electron chi connectivity index (χ1n) is 5.86. The number of aliphatic hydroxyl groups excluding tert-OH is 1. The highest BCUT2D eigenvalue weighted by Gasteiger charge is 2.01. The van der Waals surface area contributed by atoms with Crippen molar-refractivity contribution >= 4 is 5.69 Å². The van der Waals surface area contributed by atoms with E-state index in [9.17, 15) is 0 Å². The topological polar surface area (TPSA) is 55.5 Å². The van der Waals surface area contributed by atoms with Crippen molar-refractivity contribution in [3.63, 3.8) is 0 Å². The third-order valence-corrected chi connectivity index (χ3v) is 2.77. The largest absolute Gasteiger partial charge is 0.487 e. The molecule has 0 bridgehead atoms. The van der Waals surface area contributed by atoms with Gasteiger partial charge in [-0.3, -0.25) is 0 Å². The molecule has 2 aromatic rings. The van der Waals surface area contributed by atoms with Crippen molar-refractivity contribution in [1.82, 2.24) is 0 Å². The van der Waals surface area contributed by atoms with E-state index in [1.807, 2.05) is 49.4 Å². The summed E-state index contributed by atoms with van der Waals surface area (Å²) in [7, 11) is 0. The van der Waals surface area contributed by atoms with Crippen LogP contribution in [0.1, 0.15) is 16.7 Å². The maximum Gasteiger partial charge on any atom is 0.142 e. The minimum absolute atomic E-state index is 0.0616. The fourth-order valence-corrected chi connectivity index (χ4v) is 1.70. The molecular weight excluding hydrogens is 226 g/mol. The zero-order valence-corrected chi connectivity index (χ0v) is 10.4. The Labute approximate surface area is 107 Å². The molecule has 0 atom stereocenters. The van der Waals surface area contributed by atoms with Crippen molar-refractivity contribution in [3.8, 4) is 5.75 Å². The molecule has 0 unspecified atom stereocenters. The number of hydrogen-bond donors (Lipinski definition) is 2. The molecule has 0 fully saturated rings. The Balaban J connectivity index is 2.02. The van der Waals surface area contributed by atoms with Crippen molar-refractivity contribution in [1.29, 1.82) is 0 Å². The molecule has 0 aliphatic carbocycles. The number of nitrogens with two attached hydrogens (primary N) is 1. The molecule has 0 aliphatic heterocycles. The molecule has 0 aromatic heterocycles. The summed E-state index contributed by atoms with van der Waals surface area (Å²) in [6.45, 7) is 2.53. The van der Waals surface area contributed by atoms with Gasteiger partial charge >= 0.3 is 0 Å². The molecule has 0 amide bonds. The highest BCUT2D eigenvalue weighted by Crippen LogP contribution is 2.23. The molecule has 18 heavy (non-hydrogen) atoms. The van der Waals surface area contributed by atoms with Gasteiger partial charge in [0.2, 0.25) is 0 Å². The lowest BCUT2D eigenvalue weighted by Gasteiger charge is -2.09. The predicted octanol–water partition coefficient (Wildman–Crippen LogP) is 2.65. The SMILES string of the molecule is Cc1ccc(OCc2ccc(CO)cc2)c(N)c1. The number of benzene rings is 2. The van der Waals surface area contributed by atoms with Crippen molar-refractivity contribution in [2.45, 2.75) is 20.1 Å². The van der Waals surface area contributed by atoms with E-state index in [4.69, 9.17) is 15.6 Å². The molecule has 0 radical (unpaired) electrons. The average molecular weight is 243 g/mol. The summed E-state index contributed by atoms with van der Waals surface area (Å²) in [6.07, 6.45) is 0. The van der Waals surface area contributed by atoms with Gasteiger partial charge in [-0.15, -0.1) is 0 Å². The van der Waals surface area contributed by atoms with Gasteiger partial charge in [0, 0.05) is 0 Å². The Morgan fingerprint density at radius 3 is 2.33 bits per heavy atom. The number of hydrogen-bond acceptors (Lipinski definition) is 3. The van der Waals surface area contributed by atoms with Crippen molar-refractivity contribution in [3.05, 3.63) is 59.2 Å². The summed E-state index contributed by atoms with van der Waals surface area (Å²) in [5.74, 6) is 0.701. The molecule has 3 nitrogen and oxygen atoms in total. The van der Waals surface area contributed by atoms with Gasteiger partial charge in [0.1, 0.15) is 12.4 Å². The second-order valence-electron chi connectivity index (χ2n) is 4.30. The monoisotopic (exact) mass is 243 g/mol. The fourth-order valence-electron chi connectivity index (χ4n) is 1.70. The predicted molar refractivity (Wildman–Crippen MR) is 72.3 cm³/mol. The van der Waals surface area contributed by atoms with Crippen LogP contribution in [0.2, 0.25) is 0 Å². The molecule has 0 saturated carbocycles. The van der Waals surface area contributed by atoms with E-state index in [1.54, 1.807) is 0 Å². The van der Waals surface area contributed by atoms with Gasteiger partial charge in [-0.05, 0) is 35.7 Å². The lowest BCUT2D eigenvalue weighted by Crippen LogP contribution is -1.99. The summed E-state index contributed by atoms with van der Waals surface area (Å²) in [5.41, 5.74) is 9.59. The smallest absolute Gasteiger partial charge is 0.142 e. The van der Waals surface area contributed by atoms with Gasteiger partial charge < -0.3 is 15.6 Å². The van der Waals surface area contributed by atoms with E-state index in [-0.39, 0.29) is 6.61 Å². The van der Waals surface area contributed by atoms with Crippen LogP contribution in [0.4, 0.5) is 5.69 Å². The summed E-state index contributed by atoms with van der Waals surface area (Å²) in [5, 5.41) is 8.95. The summed E-state index contributed by atoms with van der Waals surface area (Å²) in [4.78, 5) is 0. The van der Waals surface area contributed by atoms with Crippen LogP contribution in [0.25, 0.3) is 0 Å². The third-order valence-electron chi connectivity index (χ3n) is 2.77. The zero-order chi connectivity index (χ0) is 13.0. The third kappa shape index (κ3) is 3.02. The molecule has 0 aliphatic rings. The molecule has 0 heterocycles. The van der Waals surface area contributed by atoms with Gasteiger partial charge in [0.15, 0.2) is 0 Å². The summed E-state index contributed by atoms with van der Waals surface area (Å²) >= 11 is 0. The zero-order valence-electron chi connectivity index (χ0n) is 10.4. The molecule has 3 heteroatoms. The Kier molecular flexibility index (Phi) is 3.85. The lowest BCUT2D eigenvalue weighted by atomic mass is 10.1. The van der Waals surface area contributed by atoms with Crippen LogP contribution in [0.3, 0.4) is 0 Å². The van der Waals surface area contributed by atoms with Crippen molar-refractivity contribution in [2.24, 2.45) is 0 Å². The minimum Gasteiger partial charge on any atom is -0.487 e. The first kappa shape index (κ1) is 12.5. The first-order chi connectivity index (χ1) is 8.69. The number of nitrogen functional groups attached to an aromatic ring is 1. The van der Waals surface area contributed by atoms with Crippen LogP contribution in [0, 0.1) is 6.92 Å². The number of aryl methyl sites for hydroxylation is 1. The van der Waals surface area contributed by atoms with Crippen molar-refractivity contribution < 1.29 is 9.84 Å². The molecule has 2 aromatic carbocycles. The maximum absolute atomic E-state index is 8.95. The standard InChI is InChI=1S/C15H17NO2/c1-11-2-7-15(14(16)8-11)18-10-13-5-3-12(9-17)4-6-13/h2-8,17H,9-10,16H2,1H3. The van der Waals surface area contributed by atoms with E-state index in [0.29, 0.717) is 18.0 Å². The number of rotatable bonds is 4. The molecule has 94 valence electrons. The molecular formula is C15H17NO2. The Morgan fingerprint density at radius 1 is 1.06 bits per heavy atom. The van der Waals surface area contributed by atoms with Crippen LogP contribution >= 0.6 is 0 Å². The Bertz CT molecular complexity index is 521. The Morgan fingerprint density at radius 2 is 1.72 bits per heavy atom. The number of anilines is 1. The van der Waals surface area contributed by atoms with Gasteiger partial charge in [0.25, 0.3) is 0 Å². The molecule has 2 rings (SSSR count). The summed E-state index contributed by atoms with van der Waals surface area (Å²) in [6, 6.07) is 13.4. The number of aliphatic hydroxyl groups is 1. The van der Waals surface area contributed by atoms with E-state index >= 15 is 0 Å². The molecule has 0 saturated heterocycles. The van der Waals surface area contributed by atoms with Crippen LogP contribution in [0.5, 0.6) is 5.75 Å². The maximum atomic E-state index is 8.95. The molecule has 3 N–H and O–H groups in total. The van der Waals surface area contributed by atoms with E-state index in [1.165, 1.54) is 0 Å². The van der Waals surface area contributed by atoms with Gasteiger partial charge in [-0.2, -0.15) is 0 Å². The van der Waals surface area contributed by atoms with Gasteiger partial charge in [-0.25, -0.2) is 0 Å². The van der Waals surface area contributed by atoms with Crippen molar-refractivity contribution in [2.75, 3.05) is 5.73 Å². The second kappa shape index (κ2) is 5.56. The van der Waals surface area contributed by atoms with Gasteiger partial charge in [-0.1, -0.05) is 30.3 Å². The highest BCUT2D eigenvalue weighted by molar-refractivity contribution is 5.54. The molecule has 0 spiro atoms. The quantitative estimate of drug-likeness (QED) is 0.812.